The Morgan fingerprint density at radius 2 is 1.88 bits per heavy atom. The second kappa shape index (κ2) is 5.15. The highest BCUT2D eigenvalue weighted by atomic mass is 19.1. The van der Waals surface area contributed by atoms with Gasteiger partial charge in [0.1, 0.15) is 5.82 Å². The van der Waals surface area contributed by atoms with Gasteiger partial charge in [-0.1, -0.05) is 25.0 Å². The van der Waals surface area contributed by atoms with Crippen LogP contribution in [0.25, 0.3) is 0 Å². The van der Waals surface area contributed by atoms with E-state index in [1.54, 1.807) is 12.1 Å². The van der Waals surface area contributed by atoms with E-state index >= 15 is 0 Å². The van der Waals surface area contributed by atoms with Crippen molar-refractivity contribution in [1.29, 1.82) is 0 Å². The van der Waals surface area contributed by atoms with Gasteiger partial charge in [0.2, 0.25) is 0 Å². The van der Waals surface area contributed by atoms with Gasteiger partial charge in [-0.15, -0.1) is 0 Å². The fourth-order valence-electron chi connectivity index (χ4n) is 2.42. The standard InChI is InChI=1S/C14H20FNO/c1-11(12-4-6-13(15)7-5-12)16-10-14(17)8-2-3-9-14/h4-7,11,16-17H,2-3,8-10H2,1H3. The van der Waals surface area contributed by atoms with Crippen molar-refractivity contribution in [3.05, 3.63) is 35.6 Å². The van der Waals surface area contributed by atoms with Crippen molar-refractivity contribution in [2.45, 2.75) is 44.2 Å². The first kappa shape index (κ1) is 12.5. The van der Waals surface area contributed by atoms with Crippen LogP contribution >= 0.6 is 0 Å². The van der Waals surface area contributed by atoms with Crippen LogP contribution in [0.1, 0.15) is 44.2 Å². The molecule has 0 spiro atoms. The molecule has 2 N–H and O–H groups in total. The number of nitrogens with one attached hydrogen (secondary N) is 1. The van der Waals surface area contributed by atoms with E-state index in [0.29, 0.717) is 6.54 Å². The summed E-state index contributed by atoms with van der Waals surface area (Å²) >= 11 is 0. The lowest BCUT2D eigenvalue weighted by Crippen LogP contribution is -2.39. The number of hydrogen-bond acceptors (Lipinski definition) is 2. The Hall–Kier alpha value is -0.930. The minimum atomic E-state index is -0.533. The Balaban J connectivity index is 1.88. The molecule has 1 atom stereocenters. The molecule has 3 heteroatoms. The van der Waals surface area contributed by atoms with Gasteiger partial charge in [0.05, 0.1) is 5.60 Å². The van der Waals surface area contributed by atoms with Crippen LogP contribution in [0.4, 0.5) is 4.39 Å². The normalized spacial score (nSPS) is 20.4. The average Bonchev–Trinajstić information content (AvgIpc) is 2.75. The molecule has 0 bridgehead atoms. The van der Waals surface area contributed by atoms with Crippen molar-refractivity contribution in [3.63, 3.8) is 0 Å². The van der Waals surface area contributed by atoms with Crippen molar-refractivity contribution in [3.8, 4) is 0 Å². The van der Waals surface area contributed by atoms with Gasteiger partial charge < -0.3 is 10.4 Å². The molecule has 1 unspecified atom stereocenters. The van der Waals surface area contributed by atoms with Crippen LogP contribution in [0, 0.1) is 5.82 Å². The van der Waals surface area contributed by atoms with Crippen LogP contribution in [-0.2, 0) is 0 Å². The Morgan fingerprint density at radius 3 is 2.47 bits per heavy atom. The highest BCUT2D eigenvalue weighted by Gasteiger charge is 2.30. The Labute approximate surface area is 102 Å². The SMILES string of the molecule is CC(NCC1(O)CCCC1)c1ccc(F)cc1. The summed E-state index contributed by atoms with van der Waals surface area (Å²) in [6.07, 6.45) is 4.00. The van der Waals surface area contributed by atoms with Crippen LogP contribution < -0.4 is 5.32 Å². The highest BCUT2D eigenvalue weighted by Crippen LogP contribution is 2.29. The molecule has 0 aromatic heterocycles. The summed E-state index contributed by atoms with van der Waals surface area (Å²) in [6, 6.07) is 6.65. The summed E-state index contributed by atoms with van der Waals surface area (Å²) < 4.78 is 12.8. The minimum absolute atomic E-state index is 0.139. The number of hydrogen-bond donors (Lipinski definition) is 2. The van der Waals surface area contributed by atoms with Gasteiger partial charge in [0.25, 0.3) is 0 Å². The van der Waals surface area contributed by atoms with E-state index in [1.165, 1.54) is 12.1 Å². The molecule has 94 valence electrons. The maximum Gasteiger partial charge on any atom is 0.123 e. The predicted molar refractivity (Wildman–Crippen MR) is 66.2 cm³/mol. The molecular weight excluding hydrogens is 217 g/mol. The Kier molecular flexibility index (Phi) is 3.79. The molecule has 17 heavy (non-hydrogen) atoms. The summed E-state index contributed by atoms with van der Waals surface area (Å²) in [6.45, 7) is 2.65. The maximum atomic E-state index is 12.8. The Bertz CT molecular complexity index is 357. The third-order valence-electron chi connectivity index (χ3n) is 3.64. The van der Waals surface area contributed by atoms with Crippen LogP contribution in [-0.4, -0.2) is 17.3 Å². The average molecular weight is 237 g/mol. The number of aliphatic hydroxyl groups is 1. The van der Waals surface area contributed by atoms with Crippen molar-refractivity contribution in [2.24, 2.45) is 0 Å². The molecule has 0 heterocycles. The van der Waals surface area contributed by atoms with Crippen molar-refractivity contribution >= 4 is 0 Å². The van der Waals surface area contributed by atoms with Gasteiger partial charge in [0, 0.05) is 12.6 Å². The third kappa shape index (κ3) is 3.27. The van der Waals surface area contributed by atoms with Crippen molar-refractivity contribution in [2.75, 3.05) is 6.54 Å². The number of rotatable bonds is 4. The summed E-state index contributed by atoms with van der Waals surface area (Å²) in [5.41, 5.74) is 0.516. The van der Waals surface area contributed by atoms with E-state index in [1.807, 2.05) is 6.92 Å². The van der Waals surface area contributed by atoms with Gasteiger partial charge in [0.15, 0.2) is 0 Å². The van der Waals surface area contributed by atoms with Gasteiger partial charge in [-0.3, -0.25) is 0 Å². The van der Waals surface area contributed by atoms with Crippen LogP contribution in [0.15, 0.2) is 24.3 Å². The zero-order valence-corrected chi connectivity index (χ0v) is 10.2. The van der Waals surface area contributed by atoms with E-state index < -0.39 is 5.60 Å². The molecule has 1 aliphatic rings. The van der Waals surface area contributed by atoms with E-state index in [9.17, 15) is 9.50 Å². The van der Waals surface area contributed by atoms with E-state index in [4.69, 9.17) is 0 Å². The van der Waals surface area contributed by atoms with Gasteiger partial charge in [-0.25, -0.2) is 4.39 Å². The minimum Gasteiger partial charge on any atom is -0.389 e. The largest absolute Gasteiger partial charge is 0.389 e. The van der Waals surface area contributed by atoms with Crippen molar-refractivity contribution < 1.29 is 9.50 Å². The van der Waals surface area contributed by atoms with Gasteiger partial charge in [-0.2, -0.15) is 0 Å². The highest BCUT2D eigenvalue weighted by molar-refractivity contribution is 5.19. The predicted octanol–water partition coefficient (Wildman–Crippen LogP) is 2.78. The number of halogens is 1. The molecule has 2 nitrogen and oxygen atoms in total. The molecule has 0 amide bonds. The third-order valence-corrected chi connectivity index (χ3v) is 3.64. The zero-order valence-electron chi connectivity index (χ0n) is 10.2. The first-order valence-corrected chi connectivity index (χ1v) is 6.30. The van der Waals surface area contributed by atoms with Crippen LogP contribution in [0.3, 0.4) is 0 Å². The second-order valence-corrected chi connectivity index (χ2v) is 5.09. The second-order valence-electron chi connectivity index (χ2n) is 5.09. The van der Waals surface area contributed by atoms with Crippen LogP contribution in [0.2, 0.25) is 0 Å². The first-order chi connectivity index (χ1) is 8.09. The monoisotopic (exact) mass is 237 g/mol. The lowest BCUT2D eigenvalue weighted by atomic mass is 10.0. The molecule has 0 aliphatic heterocycles. The summed E-state index contributed by atoms with van der Waals surface area (Å²) in [5.74, 6) is -0.213. The fourth-order valence-corrected chi connectivity index (χ4v) is 2.42. The maximum absolute atomic E-state index is 12.8. The topological polar surface area (TPSA) is 32.3 Å². The zero-order chi connectivity index (χ0) is 12.3. The molecule has 1 saturated carbocycles. The van der Waals surface area contributed by atoms with Gasteiger partial charge >= 0.3 is 0 Å². The summed E-state index contributed by atoms with van der Waals surface area (Å²) in [4.78, 5) is 0. The lowest BCUT2D eigenvalue weighted by molar-refractivity contribution is 0.0453. The van der Waals surface area contributed by atoms with Gasteiger partial charge in [-0.05, 0) is 37.5 Å². The molecule has 0 saturated heterocycles. The first-order valence-electron chi connectivity index (χ1n) is 6.30. The van der Waals surface area contributed by atoms with Crippen LogP contribution in [0.5, 0.6) is 0 Å². The molecular formula is C14H20FNO. The molecule has 1 fully saturated rings. The quantitative estimate of drug-likeness (QED) is 0.844. The van der Waals surface area contributed by atoms with E-state index in [2.05, 4.69) is 5.32 Å². The Morgan fingerprint density at radius 1 is 1.29 bits per heavy atom. The lowest BCUT2D eigenvalue weighted by Gasteiger charge is -2.25. The number of benzene rings is 1. The molecule has 0 radical (unpaired) electrons. The fraction of sp³-hybridized carbons (Fsp3) is 0.571. The van der Waals surface area contributed by atoms with E-state index in [0.717, 1.165) is 31.2 Å². The molecule has 1 aromatic rings. The molecule has 1 aromatic carbocycles. The summed E-state index contributed by atoms with van der Waals surface area (Å²) in [7, 11) is 0. The molecule has 2 rings (SSSR count). The van der Waals surface area contributed by atoms with Crippen molar-refractivity contribution in [1.82, 2.24) is 5.32 Å². The van der Waals surface area contributed by atoms with E-state index in [-0.39, 0.29) is 11.9 Å². The summed E-state index contributed by atoms with van der Waals surface area (Å²) in [5, 5.41) is 13.5. The smallest absolute Gasteiger partial charge is 0.123 e. The molecule has 1 aliphatic carbocycles.